The largest absolute Gasteiger partial charge is 0.340 e. The van der Waals surface area contributed by atoms with E-state index in [0.29, 0.717) is 116 Å². The van der Waals surface area contributed by atoms with Gasteiger partial charge in [-0.1, -0.05) is 0 Å². The van der Waals surface area contributed by atoms with Gasteiger partial charge in [0.05, 0.1) is 47.6 Å². The predicted octanol–water partition coefficient (Wildman–Crippen LogP) is 2.54. The minimum Gasteiger partial charge on any atom is -0.340 e. The summed E-state index contributed by atoms with van der Waals surface area (Å²) in [5.74, 6) is 3.19. The number of carbonyl (C=O) groups excluding carboxylic acids is 4. The van der Waals surface area contributed by atoms with Gasteiger partial charge in [-0.15, -0.1) is 0 Å². The summed E-state index contributed by atoms with van der Waals surface area (Å²) in [5, 5.41) is 10.8. The van der Waals surface area contributed by atoms with Crippen molar-refractivity contribution in [2.24, 2.45) is 61.1 Å². The number of imidazole rings is 4. The number of aromatic amines is 1. The molecule has 16 aromatic rings. The number of rotatable bonds is 20. The molecule has 5 aliphatic rings. The van der Waals surface area contributed by atoms with Crippen molar-refractivity contribution in [2.75, 3.05) is 73.6 Å². The summed E-state index contributed by atoms with van der Waals surface area (Å²) in [6.07, 6.45) is 32.3. The molecule has 0 bridgehead atoms. The lowest BCUT2D eigenvalue weighted by atomic mass is 10.0. The topological polar surface area (TPSA) is 594 Å². The third kappa shape index (κ3) is 19.0. The van der Waals surface area contributed by atoms with Gasteiger partial charge in [-0.2, -0.15) is 0 Å². The first-order valence-corrected chi connectivity index (χ1v) is 45.9. The van der Waals surface area contributed by atoms with Crippen LogP contribution in [0.4, 0.5) is 51.5 Å². The van der Waals surface area contributed by atoms with Gasteiger partial charge in [0.1, 0.15) is 54.1 Å². The van der Waals surface area contributed by atoms with Crippen LogP contribution in [-0.2, 0) is 81.5 Å². The maximum Gasteiger partial charge on any atom is 0.332 e. The Bertz CT molecular complexity index is 8350. The van der Waals surface area contributed by atoms with Gasteiger partial charge in [-0.05, 0) is 111 Å². The number of nitrogens with zero attached hydrogens (tertiary/aromatic N) is 35. The number of aromatic nitrogens is 32. The van der Waals surface area contributed by atoms with E-state index in [4.69, 9.17) is 4.11 Å². The molecule has 0 aromatic carbocycles. The molecule has 1 aliphatic carbocycles. The second-order valence-electron chi connectivity index (χ2n) is 35.7. The minimum atomic E-state index is -2.87. The highest BCUT2D eigenvalue weighted by atomic mass is 19.1. The third-order valence-corrected chi connectivity index (χ3v) is 26.3. The van der Waals surface area contributed by atoms with Gasteiger partial charge in [0.15, 0.2) is 68.0 Å². The van der Waals surface area contributed by atoms with E-state index in [1.807, 2.05) is 4.90 Å². The quantitative estimate of drug-likeness (QED) is 0.0732. The first-order chi connectivity index (χ1) is 70.3. The summed E-state index contributed by atoms with van der Waals surface area (Å²) in [7, 11) is 8.45. The maximum absolute atomic E-state index is 14.1. The predicted molar refractivity (Wildman–Crippen MR) is 524 cm³/mol. The van der Waals surface area contributed by atoms with Crippen LogP contribution in [0.5, 0.6) is 0 Å². The van der Waals surface area contributed by atoms with E-state index in [0.717, 1.165) is 80.7 Å². The molecular formula is C91H99FN40O12. The average molecular weight is 1970 g/mol. The van der Waals surface area contributed by atoms with Crippen molar-refractivity contribution >= 4 is 115 Å². The zero-order valence-electron chi connectivity index (χ0n) is 82.9. The molecule has 4 saturated heterocycles. The van der Waals surface area contributed by atoms with Crippen molar-refractivity contribution in [3.63, 3.8) is 0 Å². The van der Waals surface area contributed by atoms with Crippen LogP contribution < -0.4 is 85.9 Å². The van der Waals surface area contributed by atoms with Crippen LogP contribution in [0.25, 0.3) is 90.2 Å². The highest BCUT2D eigenvalue weighted by Crippen LogP contribution is 2.58. The summed E-state index contributed by atoms with van der Waals surface area (Å²) in [6.45, 7) is 11.9. The molecule has 3 unspecified atom stereocenters. The van der Waals surface area contributed by atoms with E-state index >= 15 is 0 Å². The molecule has 16 aromatic heterocycles. The Balaban J connectivity index is 0.000000129. The minimum absolute atomic E-state index is 0.0343. The molecule has 7 atom stereocenters. The van der Waals surface area contributed by atoms with Crippen molar-refractivity contribution in [3.8, 4) is 45.6 Å². The van der Waals surface area contributed by atoms with E-state index in [9.17, 15) is 61.9 Å². The Kier molecular flexibility index (Phi) is 25.4. The lowest BCUT2D eigenvalue weighted by Crippen LogP contribution is -2.38. The van der Waals surface area contributed by atoms with Crippen molar-refractivity contribution in [1.29, 1.82) is 0 Å². The highest BCUT2D eigenvalue weighted by molar-refractivity contribution is 5.95. The molecule has 53 heteroatoms. The molecule has 0 spiro atoms. The lowest BCUT2D eigenvalue weighted by molar-refractivity contribution is -0.119. The molecule has 5 fully saturated rings. The number of nitrogens with one attached hydrogen (secondary N) is 5. The molecule has 742 valence electrons. The van der Waals surface area contributed by atoms with Gasteiger partial charge in [0, 0.05) is 190 Å². The molecule has 144 heavy (non-hydrogen) atoms. The number of hydrogen-bond acceptors (Lipinski definition) is 36. The van der Waals surface area contributed by atoms with Crippen LogP contribution in [0.2, 0.25) is 0 Å². The lowest BCUT2D eigenvalue weighted by Gasteiger charge is -2.33. The summed E-state index contributed by atoms with van der Waals surface area (Å²) in [6, 6.07) is 5.74. The van der Waals surface area contributed by atoms with E-state index < -0.39 is 93.4 Å². The fourth-order valence-electron chi connectivity index (χ4n) is 17.8. The first kappa shape index (κ1) is 92.6. The van der Waals surface area contributed by atoms with Crippen LogP contribution in [0, 0.1) is 11.8 Å². The van der Waals surface area contributed by atoms with Gasteiger partial charge in [-0.25, -0.2) is 123 Å². The van der Waals surface area contributed by atoms with Gasteiger partial charge >= 0.3 is 22.8 Å². The second kappa shape index (κ2) is 39.5. The Labute approximate surface area is 817 Å². The smallest absolute Gasteiger partial charge is 0.332 e. The molecular weight excluding hydrogens is 1860 g/mol. The highest BCUT2D eigenvalue weighted by Gasteiger charge is 2.67. The first-order valence-electron chi connectivity index (χ1n) is 47.4. The maximum atomic E-state index is 14.1. The van der Waals surface area contributed by atoms with Crippen molar-refractivity contribution in [2.45, 2.75) is 135 Å². The Morgan fingerprint density at radius 3 is 1.11 bits per heavy atom. The Morgan fingerprint density at radius 2 is 0.736 bits per heavy atom. The van der Waals surface area contributed by atoms with E-state index in [-0.39, 0.29) is 87.0 Å². The molecule has 52 nitrogen and oxygen atoms in total. The number of H-pyrrole nitrogens is 1. The molecule has 4 aliphatic heterocycles. The number of hydrogen-bond donors (Lipinski definition) is 5. The van der Waals surface area contributed by atoms with Crippen molar-refractivity contribution < 1.29 is 27.7 Å². The Hall–Kier alpha value is -17.7. The zero-order valence-corrected chi connectivity index (χ0v) is 79.9. The van der Waals surface area contributed by atoms with Gasteiger partial charge in [0.2, 0.25) is 47.4 Å². The number of amides is 4. The van der Waals surface area contributed by atoms with Crippen LogP contribution in [-0.4, -0.2) is 235 Å². The van der Waals surface area contributed by atoms with E-state index in [1.54, 1.807) is 94.7 Å². The summed E-state index contributed by atoms with van der Waals surface area (Å²) >= 11 is 0. The number of halogens is 1. The monoisotopic (exact) mass is 1970 g/mol. The third-order valence-electron chi connectivity index (χ3n) is 26.3. The van der Waals surface area contributed by atoms with Gasteiger partial charge in [-0.3, -0.25) is 75.3 Å². The van der Waals surface area contributed by atoms with Crippen LogP contribution in [0.3, 0.4) is 0 Å². The van der Waals surface area contributed by atoms with Crippen LogP contribution in [0.1, 0.15) is 103 Å². The number of anilines is 8. The zero-order chi connectivity index (χ0) is 104. The molecule has 1 saturated carbocycles. The van der Waals surface area contributed by atoms with Crippen molar-refractivity contribution in [1.82, 2.24) is 155 Å². The standard InChI is InChI=1S/C24H25FN10O3.C24H28N10O3.C22H24N10O3.C21H22N10O3/c1-12(35-11-29-19-17(35)21(37)33(4)23(38)32(19)3)20(36)31-16-5-6-26-18(30-16)13-7-27-22(28-8-13)34-9-14-15(10-34)24(14,2)25;1-14-7-5-6-10-33(14)23-26-11-16(12-27-23)19-25-9-8-17(29-19)30-21(35)15(2)34-13-28-20-18(34)22(36)32(4)24(37)31(20)3;1-13-5-4-8-32(13)21-24-9-14(10-25-21)18-23-7-6-15(28-18)27-16(33)11-31-12-26-19-17(31)20(34)30(3)22(35)29(19)2;1-12-4-3-7-31(12)20-23-8-13(9-24-20)17-22-6-5-14(27-17)26-15(32)10-30-11-25-18-16(30)19(33)28-21(34)29(18)2/h5-8,11-12,14-15H,9-10H2,1-4H3,(H,26,30,31,36);8-9,11-15H,5-7,10H2,1-4H3,(H,25,29,30,35);6-7,9-10,12-13H,4-5,8,11H2,1-3H3,(H,23,27,28,33);5-6,8-9,11-12H,3-4,7,10H2,1-2H3,(H,28,33,34)(H,22,26,27,32)/t12-,14?,15?,24?;14-,15?;13-;12-/m0000/s1/i;;2D3;. The SMILES string of the molecule is CC(C(=O)Nc1ccnc(-c2cnc(N3CCCC[C@@H]3C)nc2)n1)n1cnc2c1c(=O)n(C)c(=O)n2C.C[C@@H](C(=O)Nc1ccnc(-c2cnc(N3CC4C(C3)C4(C)F)nc2)n1)n1cnc2c1c(=O)n(C)c(=O)n2C.C[C@H]1CCCN1c1ncc(-c2nccc(NC(=O)Cn3cnc4c3c(=O)[nH]c(=O)n4C)n2)cn1.[2H]C([2H])([2H])n1c(=O)n(C)c(=O)c2c1ncn2CC(=O)Nc1ccnc(-c2cnc(N3CCC[C@@H]3C)nc2)n1. The Morgan fingerprint density at radius 1 is 0.410 bits per heavy atom. The molecule has 5 N–H and O–H groups in total. The van der Waals surface area contributed by atoms with E-state index in [1.165, 1.54) is 117 Å². The number of carbonyl (C=O) groups is 4. The molecule has 20 heterocycles. The van der Waals surface area contributed by atoms with E-state index in [2.05, 4.69) is 161 Å². The second-order valence-corrected chi connectivity index (χ2v) is 35.7. The fraction of sp³-hybridized carbons (Fsp3) is 0.385. The van der Waals surface area contributed by atoms with Gasteiger partial charge < -0.3 is 59.1 Å². The van der Waals surface area contributed by atoms with Crippen LogP contribution in [0.15, 0.2) is 162 Å². The average Bonchev–Trinajstić information content (AvgIpc) is 1.54. The summed E-state index contributed by atoms with van der Waals surface area (Å²) in [4.78, 5) is 248. The number of fused-ring (bicyclic) bond motifs is 5. The number of aryl methyl sites for hydroxylation is 4. The fourth-order valence-corrected chi connectivity index (χ4v) is 17.8. The normalized spacial score (nSPS) is 18.2. The van der Waals surface area contributed by atoms with Crippen molar-refractivity contribution in [3.05, 3.63) is 207 Å². The molecule has 4 amide bonds. The van der Waals surface area contributed by atoms with Gasteiger partial charge in [0.25, 0.3) is 22.2 Å². The molecule has 0 radical (unpaired) electrons. The summed E-state index contributed by atoms with van der Waals surface area (Å²) in [5.41, 5.74) is -3.24. The summed E-state index contributed by atoms with van der Waals surface area (Å²) < 4.78 is 49.3. The van der Waals surface area contributed by atoms with Crippen LogP contribution >= 0.6 is 0 Å². The number of piperidine rings is 2. The molecule has 21 rings (SSSR count). The number of alkyl halides is 1.